The summed E-state index contributed by atoms with van der Waals surface area (Å²) in [5.41, 5.74) is 0. The summed E-state index contributed by atoms with van der Waals surface area (Å²) in [6.07, 6.45) is 4.01. The summed E-state index contributed by atoms with van der Waals surface area (Å²) in [6, 6.07) is 0. The molecule has 2 heteroatoms. The predicted octanol–water partition coefficient (Wildman–Crippen LogP) is 0.712. The minimum Gasteiger partial charge on any atom is -0.394 e. The van der Waals surface area contributed by atoms with Crippen molar-refractivity contribution in [3.63, 3.8) is 0 Å². The predicted molar refractivity (Wildman–Crippen MR) is 35.2 cm³/mol. The molecule has 0 aromatic heterocycles. The Balaban J connectivity index is 2.28. The van der Waals surface area contributed by atoms with Crippen molar-refractivity contribution in [2.24, 2.45) is 0 Å². The molecule has 9 heavy (non-hydrogen) atoms. The molecule has 0 aliphatic carbocycles. The second-order valence-corrected chi connectivity index (χ2v) is 2.29. The van der Waals surface area contributed by atoms with Crippen LogP contribution in [0.2, 0.25) is 0 Å². The lowest BCUT2D eigenvalue weighted by Crippen LogP contribution is -2.12. The highest BCUT2D eigenvalue weighted by molar-refractivity contribution is 4.86. The van der Waals surface area contributed by atoms with Crippen molar-refractivity contribution < 1.29 is 9.84 Å². The molecule has 0 aromatic carbocycles. The monoisotopic (exact) mass is 128 g/mol. The van der Waals surface area contributed by atoms with Gasteiger partial charge in [0.25, 0.3) is 0 Å². The molecule has 1 rings (SSSR count). The third-order valence-electron chi connectivity index (χ3n) is 1.61. The van der Waals surface area contributed by atoms with Gasteiger partial charge in [0.2, 0.25) is 0 Å². The SMILES string of the molecule is C=CC1CCC(CO)O1. The molecule has 0 radical (unpaired) electrons. The zero-order valence-corrected chi connectivity index (χ0v) is 5.42. The second kappa shape index (κ2) is 2.99. The van der Waals surface area contributed by atoms with Crippen molar-refractivity contribution >= 4 is 0 Å². The summed E-state index contributed by atoms with van der Waals surface area (Å²) in [6.45, 7) is 3.75. The first-order valence-electron chi connectivity index (χ1n) is 3.25. The van der Waals surface area contributed by atoms with Gasteiger partial charge < -0.3 is 9.84 Å². The van der Waals surface area contributed by atoms with E-state index in [9.17, 15) is 0 Å². The molecule has 0 amide bonds. The van der Waals surface area contributed by atoms with Crippen molar-refractivity contribution in [1.82, 2.24) is 0 Å². The summed E-state index contributed by atoms with van der Waals surface area (Å²) in [4.78, 5) is 0. The molecule has 52 valence electrons. The molecule has 2 nitrogen and oxygen atoms in total. The molecule has 0 bridgehead atoms. The fourth-order valence-corrected chi connectivity index (χ4v) is 1.04. The maximum atomic E-state index is 8.62. The van der Waals surface area contributed by atoms with Gasteiger partial charge in [0.1, 0.15) is 0 Å². The van der Waals surface area contributed by atoms with E-state index in [-0.39, 0.29) is 18.8 Å². The van der Waals surface area contributed by atoms with Crippen molar-refractivity contribution in [3.05, 3.63) is 12.7 Å². The van der Waals surface area contributed by atoms with Gasteiger partial charge in [-0.05, 0) is 12.8 Å². The third kappa shape index (κ3) is 1.53. The average molecular weight is 128 g/mol. The molecule has 1 aliphatic heterocycles. The third-order valence-corrected chi connectivity index (χ3v) is 1.61. The Morgan fingerprint density at radius 2 is 2.44 bits per heavy atom. The smallest absolute Gasteiger partial charge is 0.0814 e. The van der Waals surface area contributed by atoms with E-state index < -0.39 is 0 Å². The number of ether oxygens (including phenoxy) is 1. The molecular formula is C7H12O2. The van der Waals surface area contributed by atoms with Crippen molar-refractivity contribution in [3.8, 4) is 0 Å². The lowest BCUT2D eigenvalue weighted by Gasteiger charge is -2.05. The molecule has 1 saturated heterocycles. The Labute approximate surface area is 55.1 Å². The van der Waals surface area contributed by atoms with Crippen molar-refractivity contribution in [2.75, 3.05) is 6.61 Å². The van der Waals surface area contributed by atoms with E-state index >= 15 is 0 Å². The van der Waals surface area contributed by atoms with Crippen LogP contribution in [0.15, 0.2) is 12.7 Å². The van der Waals surface area contributed by atoms with Gasteiger partial charge in [-0.15, -0.1) is 6.58 Å². The van der Waals surface area contributed by atoms with Gasteiger partial charge in [0.05, 0.1) is 18.8 Å². The summed E-state index contributed by atoms with van der Waals surface area (Å²) >= 11 is 0. The largest absolute Gasteiger partial charge is 0.394 e. The summed E-state index contributed by atoms with van der Waals surface area (Å²) in [7, 11) is 0. The highest BCUT2D eigenvalue weighted by atomic mass is 16.5. The van der Waals surface area contributed by atoms with Crippen LogP contribution in [0.25, 0.3) is 0 Å². The molecule has 0 spiro atoms. The highest BCUT2D eigenvalue weighted by Crippen LogP contribution is 2.19. The van der Waals surface area contributed by atoms with Crippen LogP contribution in [-0.2, 0) is 4.74 Å². The number of hydrogen-bond acceptors (Lipinski definition) is 2. The molecule has 1 aliphatic rings. The number of hydrogen-bond donors (Lipinski definition) is 1. The van der Waals surface area contributed by atoms with E-state index in [0.29, 0.717) is 0 Å². The van der Waals surface area contributed by atoms with Crippen molar-refractivity contribution in [2.45, 2.75) is 25.0 Å². The van der Waals surface area contributed by atoms with E-state index in [0.717, 1.165) is 12.8 Å². The van der Waals surface area contributed by atoms with E-state index in [4.69, 9.17) is 9.84 Å². The molecule has 0 aromatic rings. The molecular weight excluding hydrogens is 116 g/mol. The molecule has 0 saturated carbocycles. The number of aliphatic hydroxyl groups is 1. The van der Waals surface area contributed by atoms with Crippen LogP contribution in [0.5, 0.6) is 0 Å². The first kappa shape index (κ1) is 6.78. The van der Waals surface area contributed by atoms with Crippen LogP contribution in [0, 0.1) is 0 Å². The van der Waals surface area contributed by atoms with Crippen LogP contribution in [0.4, 0.5) is 0 Å². The first-order valence-corrected chi connectivity index (χ1v) is 3.25. The Morgan fingerprint density at radius 3 is 2.78 bits per heavy atom. The topological polar surface area (TPSA) is 29.5 Å². The minimum absolute atomic E-state index is 0.0630. The van der Waals surface area contributed by atoms with Gasteiger partial charge in [-0.1, -0.05) is 6.08 Å². The Bertz CT molecular complexity index is 101. The normalized spacial score (nSPS) is 34.8. The van der Waals surface area contributed by atoms with E-state index in [2.05, 4.69) is 6.58 Å². The standard InChI is InChI=1S/C7H12O2/c1-2-6-3-4-7(5-8)9-6/h2,6-8H,1,3-5H2. The molecule has 1 fully saturated rings. The van der Waals surface area contributed by atoms with Crippen LogP contribution >= 0.6 is 0 Å². The number of aliphatic hydroxyl groups excluding tert-OH is 1. The zero-order valence-electron chi connectivity index (χ0n) is 5.42. The highest BCUT2D eigenvalue weighted by Gasteiger charge is 2.21. The van der Waals surface area contributed by atoms with Crippen molar-refractivity contribution in [1.29, 1.82) is 0 Å². The molecule has 2 unspecified atom stereocenters. The van der Waals surface area contributed by atoms with E-state index in [1.54, 1.807) is 6.08 Å². The van der Waals surface area contributed by atoms with Gasteiger partial charge in [-0.3, -0.25) is 0 Å². The quantitative estimate of drug-likeness (QED) is 0.555. The lowest BCUT2D eigenvalue weighted by atomic mass is 10.2. The number of rotatable bonds is 2. The Hall–Kier alpha value is -0.340. The van der Waals surface area contributed by atoms with Gasteiger partial charge in [-0.25, -0.2) is 0 Å². The molecule has 1 N–H and O–H groups in total. The maximum absolute atomic E-state index is 8.62. The fourth-order valence-electron chi connectivity index (χ4n) is 1.04. The van der Waals surface area contributed by atoms with Gasteiger partial charge in [0, 0.05) is 0 Å². The van der Waals surface area contributed by atoms with Gasteiger partial charge in [-0.2, -0.15) is 0 Å². The minimum atomic E-state index is 0.0630. The van der Waals surface area contributed by atoms with Crippen LogP contribution in [0.3, 0.4) is 0 Å². The average Bonchev–Trinajstić information content (AvgIpc) is 2.34. The second-order valence-electron chi connectivity index (χ2n) is 2.29. The van der Waals surface area contributed by atoms with Gasteiger partial charge >= 0.3 is 0 Å². The van der Waals surface area contributed by atoms with Crippen LogP contribution < -0.4 is 0 Å². The Morgan fingerprint density at radius 1 is 1.67 bits per heavy atom. The summed E-state index contributed by atoms with van der Waals surface area (Å²) in [5.74, 6) is 0. The fraction of sp³-hybridized carbons (Fsp3) is 0.714. The molecule has 1 heterocycles. The summed E-state index contributed by atoms with van der Waals surface area (Å²) in [5, 5.41) is 8.62. The van der Waals surface area contributed by atoms with Gasteiger partial charge in [0.15, 0.2) is 0 Å². The first-order chi connectivity index (χ1) is 4.36. The molecule has 2 atom stereocenters. The van der Waals surface area contributed by atoms with E-state index in [1.165, 1.54) is 0 Å². The van der Waals surface area contributed by atoms with E-state index in [1.807, 2.05) is 0 Å². The van der Waals surface area contributed by atoms with Crippen LogP contribution in [-0.4, -0.2) is 23.9 Å². The summed E-state index contributed by atoms with van der Waals surface area (Å²) < 4.78 is 5.29. The zero-order chi connectivity index (χ0) is 6.69. The van der Waals surface area contributed by atoms with Crippen LogP contribution in [0.1, 0.15) is 12.8 Å². The lowest BCUT2D eigenvalue weighted by molar-refractivity contribution is 0.0312. The maximum Gasteiger partial charge on any atom is 0.0814 e. The Kier molecular flexibility index (Phi) is 2.25.